The molecule has 0 saturated carbocycles. The molecule has 3 aromatic heterocycles. The first-order valence-electron chi connectivity index (χ1n) is 9.45. The van der Waals surface area contributed by atoms with Crippen molar-refractivity contribution in [3.8, 4) is 0 Å². The van der Waals surface area contributed by atoms with E-state index in [1.165, 1.54) is 16.8 Å². The van der Waals surface area contributed by atoms with Crippen LogP contribution in [-0.2, 0) is 20.1 Å². The quantitative estimate of drug-likeness (QED) is 0.517. The summed E-state index contributed by atoms with van der Waals surface area (Å²) in [6.45, 7) is 0.389. The van der Waals surface area contributed by atoms with Crippen molar-refractivity contribution in [2.24, 2.45) is 7.05 Å². The highest BCUT2D eigenvalue weighted by atomic mass is 35.5. The first-order valence-corrected chi connectivity index (χ1v) is 9.83. The lowest BCUT2D eigenvalue weighted by Crippen LogP contribution is -2.39. The van der Waals surface area contributed by atoms with E-state index < -0.39 is 17.2 Å². The SMILES string of the molecule is Cn1c(=O)n(Cc2ccc(Cl)cc2)c(=O)c2cc(C(=O)NCc3ccncc3)ncc21. The van der Waals surface area contributed by atoms with E-state index in [1.807, 2.05) is 0 Å². The van der Waals surface area contributed by atoms with E-state index in [0.717, 1.165) is 15.7 Å². The summed E-state index contributed by atoms with van der Waals surface area (Å²) in [7, 11) is 1.56. The molecular weight excluding hydrogens is 418 g/mol. The number of carbonyl (C=O) groups is 1. The van der Waals surface area contributed by atoms with Crippen LogP contribution in [0.25, 0.3) is 10.9 Å². The highest BCUT2D eigenvalue weighted by Gasteiger charge is 2.15. The minimum absolute atomic E-state index is 0.0878. The highest BCUT2D eigenvalue weighted by Crippen LogP contribution is 2.12. The van der Waals surface area contributed by atoms with Gasteiger partial charge in [-0.25, -0.2) is 9.78 Å². The Morgan fingerprint density at radius 1 is 1.06 bits per heavy atom. The number of amides is 1. The van der Waals surface area contributed by atoms with Gasteiger partial charge in [-0.1, -0.05) is 23.7 Å². The zero-order valence-corrected chi connectivity index (χ0v) is 17.3. The van der Waals surface area contributed by atoms with E-state index >= 15 is 0 Å². The molecule has 0 atom stereocenters. The second-order valence-corrected chi connectivity index (χ2v) is 7.42. The molecule has 4 rings (SSSR count). The standard InChI is InChI=1S/C22H18ClN5O3/c1-27-19-12-25-18(20(29)26-11-14-6-8-24-9-7-14)10-17(19)21(30)28(22(27)31)13-15-2-4-16(23)5-3-15/h2-10,12H,11,13H2,1H3,(H,26,29). The first kappa shape index (κ1) is 20.5. The van der Waals surface area contributed by atoms with Crippen molar-refractivity contribution in [1.82, 2.24) is 24.4 Å². The van der Waals surface area contributed by atoms with Gasteiger partial charge in [-0.2, -0.15) is 0 Å². The fourth-order valence-corrected chi connectivity index (χ4v) is 3.34. The molecule has 9 heteroatoms. The normalized spacial score (nSPS) is 10.9. The Morgan fingerprint density at radius 3 is 2.48 bits per heavy atom. The molecule has 0 aliphatic carbocycles. The number of aromatic nitrogens is 4. The monoisotopic (exact) mass is 435 g/mol. The number of carbonyl (C=O) groups excluding carboxylic acids is 1. The topological polar surface area (TPSA) is 98.9 Å². The smallest absolute Gasteiger partial charge is 0.331 e. The Labute approximate surface area is 181 Å². The molecule has 1 N–H and O–H groups in total. The average Bonchev–Trinajstić information content (AvgIpc) is 2.80. The van der Waals surface area contributed by atoms with Gasteiger partial charge in [0, 0.05) is 31.0 Å². The summed E-state index contributed by atoms with van der Waals surface area (Å²) in [6, 6.07) is 11.9. The minimum atomic E-state index is -0.487. The van der Waals surface area contributed by atoms with E-state index in [1.54, 1.807) is 55.8 Å². The molecule has 3 heterocycles. The molecular formula is C22H18ClN5O3. The average molecular weight is 436 g/mol. The third-order valence-corrected chi connectivity index (χ3v) is 5.18. The Hall–Kier alpha value is -3.78. The van der Waals surface area contributed by atoms with Crippen LogP contribution in [0.5, 0.6) is 0 Å². The molecule has 0 saturated heterocycles. The summed E-state index contributed by atoms with van der Waals surface area (Å²) in [5.74, 6) is -0.420. The predicted molar refractivity (Wildman–Crippen MR) is 117 cm³/mol. The van der Waals surface area contributed by atoms with E-state index in [0.29, 0.717) is 17.1 Å². The largest absolute Gasteiger partial charge is 0.347 e. The summed E-state index contributed by atoms with van der Waals surface area (Å²) in [4.78, 5) is 46.5. The molecule has 1 amide bonds. The lowest BCUT2D eigenvalue weighted by molar-refractivity contribution is 0.0946. The van der Waals surface area contributed by atoms with Crippen LogP contribution in [0.3, 0.4) is 0 Å². The van der Waals surface area contributed by atoms with Gasteiger partial charge in [0.25, 0.3) is 11.5 Å². The number of nitrogens with zero attached hydrogens (tertiary/aromatic N) is 4. The molecule has 31 heavy (non-hydrogen) atoms. The molecule has 0 spiro atoms. The Kier molecular flexibility index (Phi) is 5.64. The lowest BCUT2D eigenvalue weighted by atomic mass is 10.2. The van der Waals surface area contributed by atoms with Crippen LogP contribution in [0, 0.1) is 0 Å². The van der Waals surface area contributed by atoms with Gasteiger partial charge in [0.2, 0.25) is 0 Å². The van der Waals surface area contributed by atoms with Crippen LogP contribution in [-0.4, -0.2) is 25.0 Å². The van der Waals surface area contributed by atoms with Gasteiger partial charge >= 0.3 is 5.69 Å². The number of aryl methyl sites for hydroxylation is 1. The number of halogens is 1. The predicted octanol–water partition coefficient (Wildman–Crippen LogP) is 2.12. The first-order chi connectivity index (χ1) is 14.9. The van der Waals surface area contributed by atoms with E-state index in [4.69, 9.17) is 11.6 Å². The van der Waals surface area contributed by atoms with Gasteiger partial charge in [0.15, 0.2) is 0 Å². The van der Waals surface area contributed by atoms with Crippen LogP contribution in [0.1, 0.15) is 21.6 Å². The van der Waals surface area contributed by atoms with E-state index in [-0.39, 0.29) is 17.6 Å². The molecule has 4 aromatic rings. The summed E-state index contributed by atoms with van der Waals surface area (Å²) in [6.07, 6.45) is 4.64. The molecule has 1 aromatic carbocycles. The number of benzene rings is 1. The van der Waals surface area contributed by atoms with Crippen molar-refractivity contribution in [1.29, 1.82) is 0 Å². The molecule has 0 radical (unpaired) electrons. The van der Waals surface area contributed by atoms with Gasteiger partial charge in [-0.3, -0.25) is 23.7 Å². The Bertz CT molecular complexity index is 1380. The van der Waals surface area contributed by atoms with Crippen molar-refractivity contribution >= 4 is 28.4 Å². The van der Waals surface area contributed by atoms with Crippen molar-refractivity contribution in [2.45, 2.75) is 13.1 Å². The third kappa shape index (κ3) is 4.24. The van der Waals surface area contributed by atoms with Gasteiger partial charge in [0.05, 0.1) is 23.6 Å². The van der Waals surface area contributed by atoms with Crippen molar-refractivity contribution < 1.29 is 4.79 Å². The number of fused-ring (bicyclic) bond motifs is 1. The van der Waals surface area contributed by atoms with E-state index in [2.05, 4.69) is 15.3 Å². The summed E-state index contributed by atoms with van der Waals surface area (Å²) < 4.78 is 2.47. The van der Waals surface area contributed by atoms with Gasteiger partial charge in [-0.05, 0) is 41.5 Å². The van der Waals surface area contributed by atoms with Crippen LogP contribution in [0.15, 0.2) is 70.6 Å². The van der Waals surface area contributed by atoms with Crippen LogP contribution < -0.4 is 16.6 Å². The number of pyridine rings is 2. The molecule has 0 bridgehead atoms. The zero-order valence-electron chi connectivity index (χ0n) is 16.6. The summed E-state index contributed by atoms with van der Waals surface area (Å²) in [5, 5.41) is 3.57. The number of hydrogen-bond donors (Lipinski definition) is 1. The fraction of sp³-hybridized carbons (Fsp3) is 0.136. The van der Waals surface area contributed by atoms with Gasteiger partial charge < -0.3 is 5.32 Å². The van der Waals surface area contributed by atoms with Crippen LogP contribution >= 0.6 is 11.6 Å². The maximum atomic E-state index is 13.1. The number of rotatable bonds is 5. The summed E-state index contributed by atoms with van der Waals surface area (Å²) in [5.41, 5.74) is 1.13. The highest BCUT2D eigenvalue weighted by molar-refractivity contribution is 6.30. The molecule has 0 unspecified atom stereocenters. The minimum Gasteiger partial charge on any atom is -0.347 e. The second kappa shape index (κ2) is 8.53. The van der Waals surface area contributed by atoms with Crippen molar-refractivity contribution in [2.75, 3.05) is 0 Å². The zero-order chi connectivity index (χ0) is 22.0. The fourth-order valence-electron chi connectivity index (χ4n) is 3.21. The van der Waals surface area contributed by atoms with Crippen LogP contribution in [0.2, 0.25) is 5.02 Å². The molecule has 0 fully saturated rings. The maximum Gasteiger partial charge on any atom is 0.331 e. The molecule has 8 nitrogen and oxygen atoms in total. The van der Waals surface area contributed by atoms with Gasteiger partial charge in [-0.15, -0.1) is 0 Å². The number of hydrogen-bond acceptors (Lipinski definition) is 5. The lowest BCUT2D eigenvalue weighted by Gasteiger charge is -2.12. The maximum absolute atomic E-state index is 13.1. The molecule has 0 aliphatic heterocycles. The van der Waals surface area contributed by atoms with Crippen LogP contribution in [0.4, 0.5) is 0 Å². The third-order valence-electron chi connectivity index (χ3n) is 4.93. The number of nitrogens with one attached hydrogen (secondary N) is 1. The molecule has 0 aliphatic rings. The van der Waals surface area contributed by atoms with Crippen molar-refractivity contribution in [3.63, 3.8) is 0 Å². The summed E-state index contributed by atoms with van der Waals surface area (Å²) >= 11 is 5.91. The van der Waals surface area contributed by atoms with E-state index in [9.17, 15) is 14.4 Å². The second-order valence-electron chi connectivity index (χ2n) is 6.98. The van der Waals surface area contributed by atoms with Gasteiger partial charge in [0.1, 0.15) is 5.69 Å². The van der Waals surface area contributed by atoms with Crippen molar-refractivity contribution in [3.05, 3.63) is 104 Å². The Balaban J connectivity index is 1.69. The Morgan fingerprint density at radius 2 is 1.77 bits per heavy atom. The molecule has 156 valence electrons.